The fraction of sp³-hybridized carbons (Fsp3) is 0.455. The normalized spacial score (nSPS) is 18.7. The lowest BCUT2D eigenvalue weighted by atomic mass is 9.77. The van der Waals surface area contributed by atoms with Crippen LogP contribution in [0.3, 0.4) is 0 Å². The highest BCUT2D eigenvalue weighted by Gasteiger charge is 2.27. The van der Waals surface area contributed by atoms with E-state index in [4.69, 9.17) is 5.73 Å². The van der Waals surface area contributed by atoms with Gasteiger partial charge >= 0.3 is 0 Å². The molecule has 0 aromatic heterocycles. The Kier molecular flexibility index (Phi) is 3.07. The Hall–Kier alpha value is -0.480. The van der Waals surface area contributed by atoms with Gasteiger partial charge in [-0.1, -0.05) is 6.42 Å². The fourth-order valence-electron chi connectivity index (χ4n) is 1.85. The van der Waals surface area contributed by atoms with Crippen molar-refractivity contribution in [1.29, 1.82) is 0 Å². The SMILES string of the molecule is NC(c1cc(F)c(Br)cc1F)C1CCC1. The van der Waals surface area contributed by atoms with E-state index in [0.29, 0.717) is 11.5 Å². The van der Waals surface area contributed by atoms with Gasteiger partial charge in [0.15, 0.2) is 0 Å². The monoisotopic (exact) mass is 275 g/mol. The predicted molar refractivity (Wildman–Crippen MR) is 58.3 cm³/mol. The van der Waals surface area contributed by atoms with E-state index in [1.165, 1.54) is 6.07 Å². The highest BCUT2D eigenvalue weighted by atomic mass is 79.9. The highest BCUT2D eigenvalue weighted by molar-refractivity contribution is 9.10. The van der Waals surface area contributed by atoms with Gasteiger partial charge in [0, 0.05) is 11.6 Å². The Morgan fingerprint density at radius 2 is 1.93 bits per heavy atom. The van der Waals surface area contributed by atoms with Crippen LogP contribution in [-0.4, -0.2) is 0 Å². The van der Waals surface area contributed by atoms with Gasteiger partial charge in [-0.15, -0.1) is 0 Å². The van der Waals surface area contributed by atoms with E-state index in [0.717, 1.165) is 25.3 Å². The van der Waals surface area contributed by atoms with E-state index in [-0.39, 0.29) is 10.5 Å². The number of hydrogen-bond donors (Lipinski definition) is 1. The summed E-state index contributed by atoms with van der Waals surface area (Å²) in [6, 6.07) is 1.97. The number of nitrogens with two attached hydrogens (primary N) is 1. The summed E-state index contributed by atoms with van der Waals surface area (Å²) in [4.78, 5) is 0. The molecule has 2 N–H and O–H groups in total. The summed E-state index contributed by atoms with van der Waals surface area (Å²) >= 11 is 2.94. The van der Waals surface area contributed by atoms with Crippen LogP contribution >= 0.6 is 15.9 Å². The van der Waals surface area contributed by atoms with Crippen molar-refractivity contribution in [1.82, 2.24) is 0 Å². The van der Waals surface area contributed by atoms with Crippen LogP contribution in [0.15, 0.2) is 16.6 Å². The molecule has 0 saturated heterocycles. The first-order chi connectivity index (χ1) is 7.09. The summed E-state index contributed by atoms with van der Waals surface area (Å²) < 4.78 is 26.9. The van der Waals surface area contributed by atoms with Crippen LogP contribution in [-0.2, 0) is 0 Å². The van der Waals surface area contributed by atoms with Crippen LogP contribution in [0.1, 0.15) is 30.9 Å². The standard InChI is InChI=1S/C11H12BrF2N/c12-8-5-9(13)7(4-10(8)14)11(15)6-2-1-3-6/h4-6,11H,1-3,15H2. The van der Waals surface area contributed by atoms with Gasteiger partial charge in [0.25, 0.3) is 0 Å². The molecule has 4 heteroatoms. The minimum Gasteiger partial charge on any atom is -0.324 e. The second-order valence-electron chi connectivity index (χ2n) is 4.00. The van der Waals surface area contributed by atoms with Gasteiger partial charge in [-0.2, -0.15) is 0 Å². The molecule has 1 atom stereocenters. The molecule has 1 aromatic carbocycles. The maximum absolute atomic E-state index is 13.5. The van der Waals surface area contributed by atoms with Gasteiger partial charge in [0.2, 0.25) is 0 Å². The topological polar surface area (TPSA) is 26.0 Å². The highest BCUT2D eigenvalue weighted by Crippen LogP contribution is 2.37. The molecule has 1 saturated carbocycles. The Labute approximate surface area is 95.8 Å². The zero-order chi connectivity index (χ0) is 11.0. The van der Waals surface area contributed by atoms with Crippen LogP contribution in [0.4, 0.5) is 8.78 Å². The van der Waals surface area contributed by atoms with Crippen molar-refractivity contribution >= 4 is 15.9 Å². The van der Waals surface area contributed by atoms with Crippen LogP contribution in [0, 0.1) is 17.6 Å². The molecule has 0 radical (unpaired) electrons. The van der Waals surface area contributed by atoms with E-state index in [9.17, 15) is 8.78 Å². The largest absolute Gasteiger partial charge is 0.324 e. The van der Waals surface area contributed by atoms with Crippen molar-refractivity contribution in [3.63, 3.8) is 0 Å². The second kappa shape index (κ2) is 4.18. The zero-order valence-electron chi connectivity index (χ0n) is 8.14. The summed E-state index contributed by atoms with van der Waals surface area (Å²) in [7, 11) is 0. The van der Waals surface area contributed by atoms with Crippen LogP contribution in [0.2, 0.25) is 0 Å². The van der Waals surface area contributed by atoms with Crippen molar-refractivity contribution in [2.45, 2.75) is 25.3 Å². The molecule has 1 unspecified atom stereocenters. The maximum atomic E-state index is 13.5. The molecule has 1 nitrogen and oxygen atoms in total. The van der Waals surface area contributed by atoms with Crippen molar-refractivity contribution < 1.29 is 8.78 Å². The molecule has 0 heterocycles. The van der Waals surface area contributed by atoms with Gasteiger partial charge in [-0.25, -0.2) is 8.78 Å². The average Bonchev–Trinajstić information content (AvgIpc) is 2.08. The van der Waals surface area contributed by atoms with Crippen LogP contribution in [0.25, 0.3) is 0 Å². The molecule has 0 bridgehead atoms. The molecular formula is C11H12BrF2N. The Morgan fingerprint density at radius 3 is 2.47 bits per heavy atom. The molecule has 2 rings (SSSR count). The molecule has 82 valence electrons. The summed E-state index contributed by atoms with van der Waals surface area (Å²) in [5, 5.41) is 0. The lowest BCUT2D eigenvalue weighted by Crippen LogP contribution is -2.27. The van der Waals surface area contributed by atoms with E-state index >= 15 is 0 Å². The second-order valence-corrected chi connectivity index (χ2v) is 4.86. The van der Waals surface area contributed by atoms with Gasteiger partial charge in [0.05, 0.1) is 4.47 Å². The van der Waals surface area contributed by atoms with E-state index in [1.807, 2.05) is 0 Å². The van der Waals surface area contributed by atoms with Crippen LogP contribution < -0.4 is 5.73 Å². The Balaban J connectivity index is 2.30. The van der Waals surface area contributed by atoms with Gasteiger partial charge < -0.3 is 5.73 Å². The Morgan fingerprint density at radius 1 is 1.27 bits per heavy atom. The smallest absolute Gasteiger partial charge is 0.137 e. The summed E-state index contributed by atoms with van der Waals surface area (Å²) in [6.45, 7) is 0. The summed E-state index contributed by atoms with van der Waals surface area (Å²) in [5.41, 5.74) is 6.19. The van der Waals surface area contributed by atoms with Gasteiger partial charge in [-0.05, 0) is 46.8 Å². The molecule has 0 spiro atoms. The first-order valence-electron chi connectivity index (χ1n) is 4.99. The van der Waals surface area contributed by atoms with Crippen molar-refractivity contribution in [3.8, 4) is 0 Å². The number of halogens is 3. The molecular weight excluding hydrogens is 264 g/mol. The maximum Gasteiger partial charge on any atom is 0.137 e. The van der Waals surface area contributed by atoms with E-state index < -0.39 is 11.6 Å². The molecule has 15 heavy (non-hydrogen) atoms. The van der Waals surface area contributed by atoms with Gasteiger partial charge in [0.1, 0.15) is 11.6 Å². The Bertz CT molecular complexity index is 377. The summed E-state index contributed by atoms with van der Waals surface area (Å²) in [6.07, 6.45) is 3.16. The summed E-state index contributed by atoms with van der Waals surface area (Å²) in [5.74, 6) is -0.580. The first kappa shape index (κ1) is 11.0. The quantitative estimate of drug-likeness (QED) is 0.822. The molecule has 1 fully saturated rings. The number of benzene rings is 1. The lowest BCUT2D eigenvalue weighted by Gasteiger charge is -2.31. The van der Waals surface area contributed by atoms with E-state index in [1.54, 1.807) is 0 Å². The van der Waals surface area contributed by atoms with Crippen LogP contribution in [0.5, 0.6) is 0 Å². The molecule has 1 aliphatic carbocycles. The molecule has 0 amide bonds. The third-order valence-electron chi connectivity index (χ3n) is 3.06. The van der Waals surface area contributed by atoms with Crippen molar-refractivity contribution in [3.05, 3.63) is 33.8 Å². The molecule has 1 aromatic rings. The van der Waals surface area contributed by atoms with E-state index in [2.05, 4.69) is 15.9 Å². The number of rotatable bonds is 2. The number of hydrogen-bond acceptors (Lipinski definition) is 1. The first-order valence-corrected chi connectivity index (χ1v) is 5.79. The minimum atomic E-state index is -0.457. The zero-order valence-corrected chi connectivity index (χ0v) is 9.73. The predicted octanol–water partition coefficient (Wildman–Crippen LogP) is 3.53. The minimum absolute atomic E-state index is 0.143. The van der Waals surface area contributed by atoms with Crippen molar-refractivity contribution in [2.75, 3.05) is 0 Å². The van der Waals surface area contributed by atoms with Crippen molar-refractivity contribution in [2.24, 2.45) is 11.7 Å². The third-order valence-corrected chi connectivity index (χ3v) is 3.66. The fourth-order valence-corrected chi connectivity index (χ4v) is 2.16. The average molecular weight is 276 g/mol. The lowest BCUT2D eigenvalue weighted by molar-refractivity contribution is 0.260. The molecule has 0 aliphatic heterocycles. The third kappa shape index (κ3) is 2.06. The molecule has 1 aliphatic rings. The van der Waals surface area contributed by atoms with Gasteiger partial charge in [-0.3, -0.25) is 0 Å².